The summed E-state index contributed by atoms with van der Waals surface area (Å²) < 4.78 is 0. The molecule has 0 aromatic heterocycles. The first kappa shape index (κ1) is 21.0. The summed E-state index contributed by atoms with van der Waals surface area (Å²) in [5.41, 5.74) is 1.62. The van der Waals surface area contributed by atoms with E-state index in [1.165, 1.54) is 19.3 Å². The molecule has 0 spiro atoms. The predicted octanol–water partition coefficient (Wildman–Crippen LogP) is 7.57. The molecular weight excluding hydrogens is 252 g/mol. The van der Waals surface area contributed by atoms with Gasteiger partial charge in [-0.15, -0.1) is 0 Å². The lowest BCUT2D eigenvalue weighted by atomic mass is 9.61. The molecule has 0 fully saturated rings. The minimum absolute atomic E-state index is 0.383. The zero-order valence-electron chi connectivity index (χ0n) is 17.3. The lowest BCUT2D eigenvalue weighted by molar-refractivity contribution is 0.0524. The van der Waals surface area contributed by atoms with Crippen LogP contribution < -0.4 is 0 Å². The highest BCUT2D eigenvalue weighted by atomic mass is 14.4. The first-order valence-electron chi connectivity index (χ1n) is 8.91. The molecule has 0 saturated carbocycles. The van der Waals surface area contributed by atoms with Crippen molar-refractivity contribution in [2.75, 3.05) is 0 Å². The fourth-order valence-electron chi connectivity index (χ4n) is 3.77. The van der Waals surface area contributed by atoms with E-state index in [1.807, 2.05) is 0 Å². The maximum Gasteiger partial charge on any atom is -0.0332 e. The maximum atomic E-state index is 2.45. The van der Waals surface area contributed by atoms with Crippen molar-refractivity contribution in [1.82, 2.24) is 0 Å². The summed E-state index contributed by atoms with van der Waals surface area (Å²) in [7, 11) is 0. The van der Waals surface area contributed by atoms with Gasteiger partial charge in [0.1, 0.15) is 0 Å². The molecule has 1 unspecified atom stereocenters. The summed E-state index contributed by atoms with van der Waals surface area (Å²) in [5, 5.41) is 0. The van der Waals surface area contributed by atoms with Crippen LogP contribution in [0.4, 0.5) is 0 Å². The Kier molecular flexibility index (Phi) is 6.63. The first-order chi connectivity index (χ1) is 8.91. The molecule has 0 rings (SSSR count). The van der Waals surface area contributed by atoms with Gasteiger partial charge in [-0.2, -0.15) is 0 Å². The van der Waals surface area contributed by atoms with E-state index in [4.69, 9.17) is 0 Å². The third-order valence-electron chi connectivity index (χ3n) is 4.26. The highest BCUT2D eigenvalue weighted by Crippen LogP contribution is 2.47. The Morgan fingerprint density at radius 3 is 0.952 bits per heavy atom. The van der Waals surface area contributed by atoms with Crippen LogP contribution in [-0.2, 0) is 0 Å². The average Bonchev–Trinajstić information content (AvgIpc) is 2.04. The van der Waals surface area contributed by atoms with Crippen LogP contribution >= 0.6 is 0 Å². The molecule has 21 heavy (non-hydrogen) atoms. The van der Waals surface area contributed by atoms with Crippen LogP contribution in [0.15, 0.2) is 0 Å². The van der Waals surface area contributed by atoms with Gasteiger partial charge in [-0.1, -0.05) is 83.1 Å². The Labute approximate surface area is 136 Å². The van der Waals surface area contributed by atoms with Gasteiger partial charge >= 0.3 is 0 Å². The molecule has 128 valence electrons. The van der Waals surface area contributed by atoms with Crippen LogP contribution in [0.25, 0.3) is 0 Å². The number of hydrogen-bond acceptors (Lipinski definition) is 0. The minimum atomic E-state index is 0.383. The van der Waals surface area contributed by atoms with Gasteiger partial charge < -0.3 is 0 Å². The van der Waals surface area contributed by atoms with E-state index in [2.05, 4.69) is 83.1 Å². The summed E-state index contributed by atoms with van der Waals surface area (Å²) in [6, 6.07) is 0. The molecule has 0 amide bonds. The van der Waals surface area contributed by atoms with Crippen molar-refractivity contribution in [3.8, 4) is 0 Å². The zero-order valence-corrected chi connectivity index (χ0v) is 17.3. The molecule has 0 aromatic carbocycles. The normalized spacial score (nSPS) is 16.4. The van der Waals surface area contributed by atoms with Crippen molar-refractivity contribution in [1.29, 1.82) is 0 Å². The topological polar surface area (TPSA) is 0 Å². The lowest BCUT2D eigenvalue weighted by Crippen LogP contribution is -2.36. The van der Waals surface area contributed by atoms with E-state index in [-0.39, 0.29) is 0 Å². The molecule has 0 bridgehead atoms. The summed E-state index contributed by atoms with van der Waals surface area (Å²) in [4.78, 5) is 0. The largest absolute Gasteiger partial charge is 0.0602 e. The van der Waals surface area contributed by atoms with E-state index >= 15 is 0 Å². The Morgan fingerprint density at radius 2 is 0.762 bits per heavy atom. The standard InChI is InChI=1S/C21H44/c1-18(2,3)13-16(14-19(4,5)6)17(21(10,11)12)15-20(7,8)9/h16-17H,13-15H2,1-12H3. The van der Waals surface area contributed by atoms with Crippen molar-refractivity contribution in [3.63, 3.8) is 0 Å². The fraction of sp³-hybridized carbons (Fsp3) is 1.00. The predicted molar refractivity (Wildman–Crippen MR) is 98.7 cm³/mol. The maximum absolute atomic E-state index is 2.45. The SMILES string of the molecule is CC(C)(C)CC(CC(C)(C)C)C(CC(C)(C)C)C(C)(C)C. The highest BCUT2D eigenvalue weighted by molar-refractivity contribution is 4.88. The second-order valence-corrected chi connectivity index (χ2v) is 12.0. The second kappa shape index (κ2) is 6.63. The van der Waals surface area contributed by atoms with E-state index < -0.39 is 0 Å². The minimum Gasteiger partial charge on any atom is -0.0602 e. The molecule has 0 heterocycles. The van der Waals surface area contributed by atoms with Gasteiger partial charge in [-0.05, 0) is 52.8 Å². The first-order valence-corrected chi connectivity index (χ1v) is 8.91. The Bertz CT molecular complexity index is 279. The number of hydrogen-bond donors (Lipinski definition) is 0. The summed E-state index contributed by atoms with van der Waals surface area (Å²) >= 11 is 0. The van der Waals surface area contributed by atoms with Crippen molar-refractivity contribution in [3.05, 3.63) is 0 Å². The Hall–Kier alpha value is 0. The van der Waals surface area contributed by atoms with Crippen molar-refractivity contribution >= 4 is 0 Å². The average molecular weight is 297 g/mol. The van der Waals surface area contributed by atoms with E-state index in [0.29, 0.717) is 21.7 Å². The van der Waals surface area contributed by atoms with Crippen LogP contribution in [0, 0.1) is 33.5 Å². The molecule has 0 aromatic rings. The van der Waals surface area contributed by atoms with Crippen molar-refractivity contribution < 1.29 is 0 Å². The molecule has 0 saturated heterocycles. The fourth-order valence-corrected chi connectivity index (χ4v) is 3.77. The number of rotatable bonds is 4. The van der Waals surface area contributed by atoms with Crippen LogP contribution in [0.5, 0.6) is 0 Å². The zero-order chi connectivity index (χ0) is 17.3. The molecule has 0 aliphatic heterocycles. The molecule has 0 radical (unpaired) electrons. The van der Waals surface area contributed by atoms with Crippen molar-refractivity contribution in [2.24, 2.45) is 33.5 Å². The monoisotopic (exact) mass is 296 g/mol. The van der Waals surface area contributed by atoms with Gasteiger partial charge in [0.2, 0.25) is 0 Å². The molecule has 0 nitrogen and oxygen atoms in total. The van der Waals surface area contributed by atoms with Crippen LogP contribution in [0.1, 0.15) is 102 Å². The quantitative estimate of drug-likeness (QED) is 0.501. The van der Waals surface area contributed by atoms with E-state index in [9.17, 15) is 0 Å². The highest BCUT2D eigenvalue weighted by Gasteiger charge is 2.38. The molecule has 0 N–H and O–H groups in total. The van der Waals surface area contributed by atoms with Gasteiger partial charge in [-0.25, -0.2) is 0 Å². The third kappa shape index (κ3) is 10.4. The molecule has 1 atom stereocenters. The van der Waals surface area contributed by atoms with Gasteiger partial charge in [0.25, 0.3) is 0 Å². The van der Waals surface area contributed by atoms with Gasteiger partial charge in [-0.3, -0.25) is 0 Å². The van der Waals surface area contributed by atoms with Gasteiger partial charge in [0.15, 0.2) is 0 Å². The lowest BCUT2D eigenvalue weighted by Gasteiger charge is -2.45. The second-order valence-electron chi connectivity index (χ2n) is 12.0. The summed E-state index contributed by atoms with van der Waals surface area (Å²) in [5.74, 6) is 1.60. The summed E-state index contributed by atoms with van der Waals surface area (Å²) in [6.07, 6.45) is 4.00. The molecule has 0 aliphatic carbocycles. The van der Waals surface area contributed by atoms with Crippen molar-refractivity contribution in [2.45, 2.75) is 102 Å². The van der Waals surface area contributed by atoms with Gasteiger partial charge in [0.05, 0.1) is 0 Å². The van der Waals surface area contributed by atoms with Gasteiger partial charge in [0, 0.05) is 0 Å². The van der Waals surface area contributed by atoms with Crippen LogP contribution in [0.3, 0.4) is 0 Å². The van der Waals surface area contributed by atoms with Crippen LogP contribution in [-0.4, -0.2) is 0 Å². The molecule has 0 heteroatoms. The van der Waals surface area contributed by atoms with Crippen LogP contribution in [0.2, 0.25) is 0 Å². The smallest absolute Gasteiger partial charge is 0.0332 e. The summed E-state index contributed by atoms with van der Waals surface area (Å²) in [6.45, 7) is 29.0. The Balaban J connectivity index is 5.46. The third-order valence-corrected chi connectivity index (χ3v) is 4.26. The Morgan fingerprint density at radius 1 is 0.476 bits per heavy atom. The van der Waals surface area contributed by atoms with E-state index in [1.54, 1.807) is 0 Å². The molecular formula is C21H44. The van der Waals surface area contributed by atoms with E-state index in [0.717, 1.165) is 11.8 Å². The molecule has 0 aliphatic rings.